The average molecular weight is 502 g/mol. The highest BCUT2D eigenvalue weighted by atomic mass is 35.5. The largest absolute Gasteiger partial charge is 0.338 e. The third-order valence-corrected chi connectivity index (χ3v) is 7.93. The lowest BCUT2D eigenvalue weighted by molar-refractivity contribution is -0.117. The highest BCUT2D eigenvalue weighted by molar-refractivity contribution is 8.25. The lowest BCUT2D eigenvalue weighted by Gasteiger charge is -2.25. The van der Waals surface area contributed by atoms with Crippen LogP contribution in [0.15, 0.2) is 18.2 Å². The maximum absolute atomic E-state index is 13.5. The Balaban J connectivity index is 1.45. The maximum Gasteiger partial charge on any atom is 0.293 e. The van der Waals surface area contributed by atoms with Crippen LogP contribution in [0.1, 0.15) is 69.7 Å². The van der Waals surface area contributed by atoms with E-state index < -0.39 is 29.0 Å². The predicted octanol–water partition coefficient (Wildman–Crippen LogP) is 4.42. The number of benzene rings is 1. The van der Waals surface area contributed by atoms with Gasteiger partial charge < -0.3 is 20.6 Å². The van der Waals surface area contributed by atoms with Crippen LogP contribution in [0.2, 0.25) is 5.02 Å². The van der Waals surface area contributed by atoms with Crippen LogP contribution in [0.25, 0.3) is 0 Å². The first-order valence-corrected chi connectivity index (χ1v) is 12.0. The van der Waals surface area contributed by atoms with Gasteiger partial charge in [0.15, 0.2) is 0 Å². The average Bonchev–Trinajstić information content (AvgIpc) is 3.22. The van der Waals surface area contributed by atoms with Crippen LogP contribution in [0, 0.1) is 23.6 Å². The molecule has 1 aromatic heterocycles. The number of hydrogen-bond acceptors (Lipinski definition) is 6. The first-order chi connectivity index (χ1) is 16.2. The second-order valence-electron chi connectivity index (χ2n) is 8.94. The Labute approximate surface area is 203 Å². The molecule has 8 nitrogen and oxygen atoms in total. The van der Waals surface area contributed by atoms with E-state index in [9.17, 15) is 18.8 Å². The van der Waals surface area contributed by atoms with Gasteiger partial charge in [0.05, 0.1) is 26.7 Å². The zero-order chi connectivity index (χ0) is 24.4. The summed E-state index contributed by atoms with van der Waals surface area (Å²) in [6.07, 6.45) is 2.70. The van der Waals surface area contributed by atoms with E-state index in [2.05, 4.69) is 10.6 Å². The number of anilines is 1. The Morgan fingerprint density at radius 1 is 1.29 bits per heavy atom. The van der Waals surface area contributed by atoms with Crippen LogP contribution in [0.3, 0.4) is 0 Å². The summed E-state index contributed by atoms with van der Waals surface area (Å²) in [4.78, 5) is 39.5. The number of nitrogens with zero attached hydrogens (tertiary/aromatic N) is 1. The molecule has 2 aromatic rings. The second kappa shape index (κ2) is 8.06. The number of Topliss-reactive ketones (excluding diaryl/α,β-unsaturated/α-hetero) is 1. The van der Waals surface area contributed by atoms with Gasteiger partial charge >= 0.3 is 0 Å². The number of rotatable bonds is 7. The molecular weight excluding hydrogens is 481 g/mol. The number of carbonyl (C=O) groups excluding carboxylic acids is 3. The van der Waals surface area contributed by atoms with E-state index >= 15 is 0 Å². The molecule has 4 N–H and O–H groups in total. The van der Waals surface area contributed by atoms with Crippen LogP contribution >= 0.6 is 23.4 Å². The molecule has 0 unspecified atom stereocenters. The Morgan fingerprint density at radius 3 is 2.62 bits per heavy atom. The van der Waals surface area contributed by atoms with Gasteiger partial charge in [0, 0.05) is 23.3 Å². The number of carbonyl (C=O) groups is 3. The summed E-state index contributed by atoms with van der Waals surface area (Å²) in [5, 5.41) is 20.7. The van der Waals surface area contributed by atoms with Crippen molar-refractivity contribution in [3.8, 4) is 0 Å². The molecule has 176 valence electrons. The molecule has 6 rings (SSSR count). The van der Waals surface area contributed by atoms with Crippen molar-refractivity contribution in [3.63, 3.8) is 0 Å². The van der Waals surface area contributed by atoms with Gasteiger partial charge in [-0.25, -0.2) is 4.39 Å². The van der Waals surface area contributed by atoms with Gasteiger partial charge in [-0.2, -0.15) is 0 Å². The van der Waals surface area contributed by atoms with Gasteiger partial charge in [-0.1, -0.05) is 23.4 Å². The molecule has 0 atom stereocenters. The van der Waals surface area contributed by atoms with Gasteiger partial charge in [0.1, 0.15) is 11.5 Å². The van der Waals surface area contributed by atoms with E-state index in [-0.39, 0.29) is 27.6 Å². The highest BCUT2D eigenvalue weighted by Crippen LogP contribution is 2.56. The zero-order valence-electron chi connectivity index (χ0n) is 18.1. The Bertz CT molecular complexity index is 1300. The van der Waals surface area contributed by atoms with Gasteiger partial charge in [-0.15, -0.1) is 0 Å². The van der Waals surface area contributed by atoms with E-state index in [4.69, 9.17) is 22.4 Å². The van der Waals surface area contributed by atoms with Crippen molar-refractivity contribution in [2.75, 3.05) is 5.32 Å². The monoisotopic (exact) mass is 501 g/mol. The molecule has 0 radical (unpaired) electrons. The molecule has 4 aliphatic rings. The van der Waals surface area contributed by atoms with Crippen molar-refractivity contribution in [1.82, 2.24) is 9.88 Å². The number of thioether (sulfide) groups is 1. The summed E-state index contributed by atoms with van der Waals surface area (Å²) in [5.74, 6) is -2.49. The number of ketones is 1. The van der Waals surface area contributed by atoms with Crippen LogP contribution < -0.4 is 10.6 Å². The van der Waals surface area contributed by atoms with Gasteiger partial charge in [0.25, 0.3) is 17.6 Å². The standard InChI is InChI=1S/C23H21ClFN5O3S/c1-10-16(19(31)21(33)29-23(4-5-23)22(27)34-9-26)18-11-6-13(7-11)30(18)17(10)20(32)28-12-2-3-15(25)14(24)8-12/h2-3,8-9,11,13,26-27H,4-7H2,1H3,(H,28,32)(H,29,33). The summed E-state index contributed by atoms with van der Waals surface area (Å²) < 4.78 is 15.4. The van der Waals surface area contributed by atoms with Crippen molar-refractivity contribution < 1.29 is 18.8 Å². The first-order valence-electron chi connectivity index (χ1n) is 10.8. The Hall–Kier alpha value is -2.98. The number of halogens is 2. The van der Waals surface area contributed by atoms with E-state index in [1.165, 1.54) is 12.1 Å². The molecule has 2 saturated carbocycles. The summed E-state index contributed by atoms with van der Waals surface area (Å²) >= 11 is 6.73. The third-order valence-electron chi connectivity index (χ3n) is 6.89. The first kappa shape index (κ1) is 22.8. The fourth-order valence-electron chi connectivity index (χ4n) is 4.96. The van der Waals surface area contributed by atoms with Crippen LogP contribution in [0.5, 0.6) is 0 Å². The topological polar surface area (TPSA) is 128 Å². The van der Waals surface area contributed by atoms with E-state index in [0.29, 0.717) is 35.5 Å². The number of nitrogens with one attached hydrogen (secondary N) is 4. The molecule has 2 aliphatic carbocycles. The molecule has 34 heavy (non-hydrogen) atoms. The lowest BCUT2D eigenvalue weighted by Crippen LogP contribution is -2.45. The Morgan fingerprint density at radius 2 is 2.00 bits per heavy atom. The van der Waals surface area contributed by atoms with Crippen LogP contribution in [0.4, 0.5) is 10.1 Å². The summed E-state index contributed by atoms with van der Waals surface area (Å²) in [5.41, 5.74) is 2.13. The quantitative estimate of drug-likeness (QED) is 0.194. The molecule has 2 bridgehead atoms. The zero-order valence-corrected chi connectivity index (χ0v) is 19.7. The summed E-state index contributed by atoms with van der Waals surface area (Å²) in [6, 6.07) is 3.96. The molecule has 2 aliphatic heterocycles. The number of hydrogen-bond donors (Lipinski definition) is 4. The predicted molar refractivity (Wildman–Crippen MR) is 128 cm³/mol. The van der Waals surface area contributed by atoms with Gasteiger partial charge in [0.2, 0.25) is 0 Å². The second-order valence-corrected chi connectivity index (χ2v) is 10.2. The van der Waals surface area contributed by atoms with Crippen LogP contribution in [-0.4, -0.2) is 38.3 Å². The summed E-state index contributed by atoms with van der Waals surface area (Å²) in [7, 11) is 0. The van der Waals surface area contributed by atoms with Gasteiger partial charge in [-0.3, -0.25) is 19.8 Å². The minimum atomic E-state index is -0.893. The molecular formula is C23H21ClFN5O3S. The van der Waals surface area contributed by atoms with Gasteiger partial charge in [-0.05, 0) is 56.4 Å². The summed E-state index contributed by atoms with van der Waals surface area (Å²) in [6.45, 7) is 1.65. The van der Waals surface area contributed by atoms with Crippen LogP contribution in [-0.2, 0) is 4.79 Å². The van der Waals surface area contributed by atoms with Crippen molar-refractivity contribution >= 4 is 57.2 Å². The smallest absolute Gasteiger partial charge is 0.293 e. The molecule has 0 spiro atoms. The molecule has 2 amide bonds. The van der Waals surface area contributed by atoms with Crippen molar-refractivity contribution in [2.24, 2.45) is 0 Å². The molecule has 11 heteroatoms. The van der Waals surface area contributed by atoms with Crippen molar-refractivity contribution in [1.29, 1.82) is 10.8 Å². The normalized spacial score (nSPS) is 20.7. The van der Waals surface area contributed by atoms with Crippen molar-refractivity contribution in [2.45, 2.75) is 50.1 Å². The lowest BCUT2D eigenvalue weighted by atomic mass is 9.81. The SMILES string of the molecule is Cc1c(C(=O)C(=O)NC2(C(=N)SC=N)CC2)c2n(c1C(=O)Nc1ccc(F)c(Cl)c1)C1CC2C1. The fourth-order valence-corrected chi connectivity index (χ4v) is 5.74. The molecule has 2 fully saturated rings. The van der Waals surface area contributed by atoms with E-state index in [0.717, 1.165) is 36.2 Å². The molecule has 1 aromatic carbocycles. The third kappa shape index (κ3) is 3.47. The van der Waals surface area contributed by atoms with Crippen molar-refractivity contribution in [3.05, 3.63) is 51.6 Å². The minimum Gasteiger partial charge on any atom is -0.338 e. The van der Waals surface area contributed by atoms with E-state index in [1.54, 1.807) is 6.92 Å². The minimum absolute atomic E-state index is 0.0906. The number of aromatic nitrogens is 1. The molecule has 3 heterocycles. The fraction of sp³-hybridized carbons (Fsp3) is 0.348. The highest BCUT2D eigenvalue weighted by Gasteiger charge is 2.52. The Kier molecular flexibility index (Phi) is 5.40. The number of amides is 2. The maximum atomic E-state index is 13.5. The van der Waals surface area contributed by atoms with E-state index in [1.807, 2.05) is 4.57 Å². The molecule has 0 saturated heterocycles.